The van der Waals surface area contributed by atoms with Crippen molar-refractivity contribution in [3.05, 3.63) is 29.8 Å². The first-order chi connectivity index (χ1) is 10.1. The van der Waals surface area contributed by atoms with Gasteiger partial charge in [-0.05, 0) is 44.7 Å². The molecule has 0 saturated carbocycles. The summed E-state index contributed by atoms with van der Waals surface area (Å²) >= 11 is 0. The lowest BCUT2D eigenvalue weighted by atomic mass is 10.0. The molecule has 1 N–H and O–H groups in total. The van der Waals surface area contributed by atoms with Crippen molar-refractivity contribution in [1.82, 2.24) is 0 Å². The number of carbonyl (C=O) groups is 2. The largest absolute Gasteiger partial charge is 0.493 e. The average Bonchev–Trinajstić information content (AvgIpc) is 2.44. The van der Waals surface area contributed by atoms with Crippen molar-refractivity contribution in [2.45, 2.75) is 33.1 Å². The third-order valence-electron chi connectivity index (χ3n) is 3.11. The summed E-state index contributed by atoms with van der Waals surface area (Å²) in [4.78, 5) is 22.5. The van der Waals surface area contributed by atoms with E-state index < -0.39 is 17.9 Å². The topological polar surface area (TPSA) is 72.8 Å². The zero-order valence-electron chi connectivity index (χ0n) is 12.5. The normalized spacial score (nSPS) is 11.7. The summed E-state index contributed by atoms with van der Waals surface area (Å²) in [6.45, 7) is 4.32. The molecule has 1 aromatic carbocycles. The summed E-state index contributed by atoms with van der Waals surface area (Å²) in [5, 5.41) is 9.01. The number of carboxylic acid groups (broad SMARTS) is 1. The van der Waals surface area contributed by atoms with Crippen molar-refractivity contribution in [3.63, 3.8) is 0 Å². The molecule has 0 fully saturated rings. The number of hydrogen-bond acceptors (Lipinski definition) is 4. The molecule has 0 heterocycles. The predicted molar refractivity (Wildman–Crippen MR) is 78.3 cm³/mol. The zero-order chi connectivity index (χ0) is 15.7. The average molecular weight is 294 g/mol. The molecule has 0 spiro atoms. The quantitative estimate of drug-likeness (QED) is 0.431. The molecule has 0 aromatic heterocycles. The minimum absolute atomic E-state index is 0.193. The van der Waals surface area contributed by atoms with Crippen LogP contribution in [0.5, 0.6) is 5.75 Å². The first-order valence-corrected chi connectivity index (χ1v) is 7.14. The second-order valence-electron chi connectivity index (χ2n) is 4.75. The van der Waals surface area contributed by atoms with Gasteiger partial charge in [0.2, 0.25) is 0 Å². The van der Waals surface area contributed by atoms with E-state index >= 15 is 0 Å². The highest BCUT2D eigenvalue weighted by molar-refractivity contribution is 5.93. The fraction of sp³-hybridized carbons (Fsp3) is 0.500. The van der Waals surface area contributed by atoms with Crippen LogP contribution in [0.15, 0.2) is 24.3 Å². The van der Waals surface area contributed by atoms with Crippen molar-refractivity contribution in [3.8, 4) is 5.75 Å². The first kappa shape index (κ1) is 17.0. The molecule has 1 unspecified atom stereocenters. The summed E-state index contributed by atoms with van der Waals surface area (Å²) in [6, 6.07) is 7.72. The van der Waals surface area contributed by atoms with E-state index in [1.54, 1.807) is 6.92 Å². The van der Waals surface area contributed by atoms with E-state index in [2.05, 4.69) is 0 Å². The number of aliphatic carboxylic acids is 1. The summed E-state index contributed by atoms with van der Waals surface area (Å²) in [5.74, 6) is -2.04. The standard InChI is InChI=1S/C16H22O5/c1-3-20-16(19)13(15(17)18)9-6-7-11-21-14-10-5-4-8-12(14)2/h4-5,8,10,13H,3,6-7,9,11H2,1-2H3,(H,17,18). The summed E-state index contributed by atoms with van der Waals surface area (Å²) in [6.07, 6.45) is 1.56. The number of rotatable bonds is 9. The molecule has 0 saturated heterocycles. The lowest BCUT2D eigenvalue weighted by molar-refractivity contribution is -0.158. The molecule has 0 aliphatic heterocycles. The van der Waals surface area contributed by atoms with Gasteiger partial charge < -0.3 is 14.6 Å². The Hall–Kier alpha value is -2.04. The number of aryl methyl sites for hydroxylation is 1. The van der Waals surface area contributed by atoms with Crippen LogP contribution >= 0.6 is 0 Å². The smallest absolute Gasteiger partial charge is 0.320 e. The molecular weight excluding hydrogens is 272 g/mol. The van der Waals surface area contributed by atoms with Crippen LogP contribution < -0.4 is 4.74 Å². The molecule has 1 aromatic rings. The Morgan fingerprint density at radius 2 is 1.95 bits per heavy atom. The van der Waals surface area contributed by atoms with Crippen LogP contribution in [0.2, 0.25) is 0 Å². The van der Waals surface area contributed by atoms with Gasteiger partial charge in [-0.2, -0.15) is 0 Å². The van der Waals surface area contributed by atoms with E-state index in [4.69, 9.17) is 14.6 Å². The molecule has 1 atom stereocenters. The van der Waals surface area contributed by atoms with Crippen LogP contribution in [-0.4, -0.2) is 30.3 Å². The van der Waals surface area contributed by atoms with Gasteiger partial charge in [0.25, 0.3) is 0 Å². The van der Waals surface area contributed by atoms with Gasteiger partial charge >= 0.3 is 11.9 Å². The number of carbonyl (C=O) groups excluding carboxylic acids is 1. The highest BCUT2D eigenvalue weighted by Gasteiger charge is 2.26. The second-order valence-corrected chi connectivity index (χ2v) is 4.75. The first-order valence-electron chi connectivity index (χ1n) is 7.14. The van der Waals surface area contributed by atoms with Crippen molar-refractivity contribution >= 4 is 11.9 Å². The molecular formula is C16H22O5. The summed E-state index contributed by atoms with van der Waals surface area (Å²) in [5.41, 5.74) is 1.06. The van der Waals surface area contributed by atoms with Gasteiger partial charge in [-0.3, -0.25) is 9.59 Å². The molecule has 0 amide bonds. The molecule has 0 aliphatic rings. The highest BCUT2D eigenvalue weighted by atomic mass is 16.5. The Kier molecular flexibility index (Phi) is 7.29. The van der Waals surface area contributed by atoms with Gasteiger partial charge in [0.15, 0.2) is 5.92 Å². The Balaban J connectivity index is 2.30. The fourth-order valence-corrected chi connectivity index (χ4v) is 1.94. The van der Waals surface area contributed by atoms with Gasteiger partial charge in [0.05, 0.1) is 13.2 Å². The maximum atomic E-state index is 11.5. The van der Waals surface area contributed by atoms with Crippen molar-refractivity contribution < 1.29 is 24.2 Å². The van der Waals surface area contributed by atoms with Crippen LogP contribution in [0.25, 0.3) is 0 Å². The van der Waals surface area contributed by atoms with E-state index in [-0.39, 0.29) is 13.0 Å². The maximum Gasteiger partial charge on any atom is 0.320 e. The predicted octanol–water partition coefficient (Wildman–Crippen LogP) is 2.81. The van der Waals surface area contributed by atoms with Crippen LogP contribution in [0.1, 0.15) is 31.7 Å². The number of hydrogen-bond donors (Lipinski definition) is 1. The molecule has 21 heavy (non-hydrogen) atoms. The van der Waals surface area contributed by atoms with Crippen LogP contribution in [0.4, 0.5) is 0 Å². The lowest BCUT2D eigenvalue weighted by Crippen LogP contribution is -2.26. The van der Waals surface area contributed by atoms with Gasteiger partial charge in [-0.1, -0.05) is 18.2 Å². The molecule has 1 rings (SSSR count). The van der Waals surface area contributed by atoms with E-state index in [9.17, 15) is 9.59 Å². The SMILES string of the molecule is CCOC(=O)C(CCCCOc1ccccc1C)C(=O)O. The van der Waals surface area contributed by atoms with E-state index in [1.807, 2.05) is 31.2 Å². The molecule has 0 aliphatic carbocycles. The maximum absolute atomic E-state index is 11.5. The van der Waals surface area contributed by atoms with Crippen LogP contribution in [0.3, 0.4) is 0 Å². The Morgan fingerprint density at radius 3 is 2.57 bits per heavy atom. The molecule has 5 heteroatoms. The van der Waals surface area contributed by atoms with Gasteiger partial charge in [-0.15, -0.1) is 0 Å². The third kappa shape index (κ3) is 5.85. The van der Waals surface area contributed by atoms with Gasteiger partial charge in [0, 0.05) is 0 Å². The molecule has 5 nitrogen and oxygen atoms in total. The van der Waals surface area contributed by atoms with Crippen molar-refractivity contribution in [2.75, 3.05) is 13.2 Å². The summed E-state index contributed by atoms with van der Waals surface area (Å²) in [7, 11) is 0. The Morgan fingerprint density at radius 1 is 1.24 bits per heavy atom. The Labute approximate surface area is 124 Å². The van der Waals surface area contributed by atoms with E-state index in [0.717, 1.165) is 11.3 Å². The lowest BCUT2D eigenvalue weighted by Gasteiger charge is -2.12. The zero-order valence-corrected chi connectivity index (χ0v) is 12.5. The van der Waals surface area contributed by atoms with Crippen molar-refractivity contribution in [1.29, 1.82) is 0 Å². The van der Waals surface area contributed by atoms with E-state index in [0.29, 0.717) is 19.4 Å². The number of carboxylic acids is 1. The van der Waals surface area contributed by atoms with E-state index in [1.165, 1.54) is 0 Å². The number of para-hydroxylation sites is 1. The second kappa shape index (κ2) is 9.00. The molecule has 0 radical (unpaired) electrons. The van der Waals surface area contributed by atoms with Gasteiger partial charge in [-0.25, -0.2) is 0 Å². The van der Waals surface area contributed by atoms with Crippen molar-refractivity contribution in [2.24, 2.45) is 5.92 Å². The third-order valence-corrected chi connectivity index (χ3v) is 3.11. The fourth-order valence-electron chi connectivity index (χ4n) is 1.94. The highest BCUT2D eigenvalue weighted by Crippen LogP contribution is 2.17. The van der Waals surface area contributed by atoms with Crippen LogP contribution in [-0.2, 0) is 14.3 Å². The molecule has 0 bridgehead atoms. The number of ether oxygens (including phenoxy) is 2. The van der Waals surface area contributed by atoms with Crippen LogP contribution in [0, 0.1) is 12.8 Å². The number of esters is 1. The van der Waals surface area contributed by atoms with Gasteiger partial charge in [0.1, 0.15) is 5.75 Å². The number of unbranched alkanes of at least 4 members (excludes halogenated alkanes) is 1. The monoisotopic (exact) mass is 294 g/mol. The summed E-state index contributed by atoms with van der Waals surface area (Å²) < 4.78 is 10.4. The number of benzene rings is 1. The Bertz CT molecular complexity index is 469. The minimum atomic E-state index is -1.13. The minimum Gasteiger partial charge on any atom is -0.493 e. The molecule has 116 valence electrons.